The predicted octanol–water partition coefficient (Wildman–Crippen LogP) is 3.30. The number of anilines is 1. The lowest BCUT2D eigenvalue weighted by molar-refractivity contribution is -0.112. The molecule has 104 valence electrons. The Morgan fingerprint density at radius 1 is 1.05 bits per heavy atom. The molecule has 0 aliphatic heterocycles. The highest BCUT2D eigenvalue weighted by atomic mass is 16.2. The molecule has 2 N–H and O–H groups in total. The smallest absolute Gasteiger partial charge is 0.296 e. The first-order valence-corrected chi connectivity index (χ1v) is 6.63. The van der Waals surface area contributed by atoms with Crippen molar-refractivity contribution in [2.45, 2.75) is 6.92 Å². The number of aromatic amines is 1. The monoisotopic (exact) mass is 278 g/mol. The van der Waals surface area contributed by atoms with Crippen LogP contribution in [0.4, 0.5) is 5.69 Å². The standard InChI is InChI=1S/C17H14N2O2/c1-11-7-8-13-14(10-18-15(13)9-11)16(20)17(21)19-12-5-3-2-4-6-12/h2-10,18H,1H3,(H,19,21). The minimum atomic E-state index is -0.636. The number of carbonyl (C=O) groups excluding carboxylic acids is 2. The van der Waals surface area contributed by atoms with Gasteiger partial charge in [0.25, 0.3) is 11.7 Å². The molecule has 4 heteroatoms. The van der Waals surface area contributed by atoms with E-state index in [4.69, 9.17) is 0 Å². The summed E-state index contributed by atoms with van der Waals surface area (Å²) in [6.45, 7) is 1.98. The zero-order chi connectivity index (χ0) is 14.8. The highest BCUT2D eigenvalue weighted by Gasteiger charge is 2.19. The number of fused-ring (bicyclic) bond motifs is 1. The van der Waals surface area contributed by atoms with Gasteiger partial charge in [-0.05, 0) is 30.7 Å². The van der Waals surface area contributed by atoms with Gasteiger partial charge in [-0.2, -0.15) is 0 Å². The molecule has 3 rings (SSSR count). The SMILES string of the molecule is Cc1ccc2c(C(=O)C(=O)Nc3ccccc3)c[nH]c2c1. The molecule has 0 fully saturated rings. The zero-order valence-corrected chi connectivity index (χ0v) is 11.5. The van der Waals surface area contributed by atoms with E-state index >= 15 is 0 Å². The number of amides is 1. The molecule has 1 heterocycles. The van der Waals surface area contributed by atoms with Crippen LogP contribution < -0.4 is 5.32 Å². The van der Waals surface area contributed by atoms with Gasteiger partial charge in [0.1, 0.15) is 0 Å². The van der Waals surface area contributed by atoms with Gasteiger partial charge in [0.2, 0.25) is 0 Å². The van der Waals surface area contributed by atoms with Crippen molar-refractivity contribution in [3.63, 3.8) is 0 Å². The lowest BCUT2D eigenvalue weighted by atomic mass is 10.1. The summed E-state index contributed by atoms with van der Waals surface area (Å²) in [7, 11) is 0. The summed E-state index contributed by atoms with van der Waals surface area (Å²) in [4.78, 5) is 27.4. The summed E-state index contributed by atoms with van der Waals surface area (Å²) >= 11 is 0. The third-order valence-electron chi connectivity index (χ3n) is 3.32. The molecule has 0 saturated heterocycles. The van der Waals surface area contributed by atoms with Gasteiger partial charge in [-0.3, -0.25) is 9.59 Å². The zero-order valence-electron chi connectivity index (χ0n) is 11.5. The number of aryl methyl sites for hydroxylation is 1. The summed E-state index contributed by atoms with van der Waals surface area (Å²) in [6.07, 6.45) is 1.58. The van der Waals surface area contributed by atoms with Crippen LogP contribution in [-0.2, 0) is 4.79 Å². The molecule has 0 aliphatic carbocycles. The van der Waals surface area contributed by atoms with Crippen LogP contribution in [0.3, 0.4) is 0 Å². The molecule has 2 aromatic carbocycles. The van der Waals surface area contributed by atoms with Crippen molar-refractivity contribution in [1.82, 2.24) is 4.98 Å². The Morgan fingerprint density at radius 2 is 1.81 bits per heavy atom. The number of ketones is 1. The second kappa shape index (κ2) is 5.25. The third-order valence-corrected chi connectivity index (χ3v) is 3.32. The molecule has 0 spiro atoms. The number of nitrogens with one attached hydrogen (secondary N) is 2. The van der Waals surface area contributed by atoms with Gasteiger partial charge in [-0.25, -0.2) is 0 Å². The molecule has 0 saturated carbocycles. The molecule has 0 radical (unpaired) electrons. The van der Waals surface area contributed by atoms with Crippen LogP contribution in [0.5, 0.6) is 0 Å². The topological polar surface area (TPSA) is 62.0 Å². The minimum absolute atomic E-state index is 0.387. The highest BCUT2D eigenvalue weighted by Crippen LogP contribution is 2.20. The first-order valence-electron chi connectivity index (χ1n) is 6.63. The third kappa shape index (κ3) is 2.56. The highest BCUT2D eigenvalue weighted by molar-refractivity contribution is 6.48. The van der Waals surface area contributed by atoms with E-state index in [0.29, 0.717) is 11.3 Å². The van der Waals surface area contributed by atoms with E-state index in [1.165, 1.54) is 0 Å². The molecule has 0 aliphatic rings. The molecular weight excluding hydrogens is 264 g/mol. The lowest BCUT2D eigenvalue weighted by Gasteiger charge is -2.03. The van der Waals surface area contributed by atoms with Crippen LogP contribution in [0.15, 0.2) is 54.7 Å². The van der Waals surface area contributed by atoms with Crippen molar-refractivity contribution in [2.75, 3.05) is 5.32 Å². The molecular formula is C17H14N2O2. The molecule has 1 aromatic heterocycles. The number of aromatic nitrogens is 1. The Hall–Kier alpha value is -2.88. The Kier molecular flexibility index (Phi) is 3.28. The summed E-state index contributed by atoms with van der Waals surface area (Å²) in [5, 5.41) is 3.36. The van der Waals surface area contributed by atoms with Gasteiger partial charge < -0.3 is 10.3 Å². The maximum absolute atomic E-state index is 12.3. The maximum Gasteiger partial charge on any atom is 0.296 e. The summed E-state index contributed by atoms with van der Waals surface area (Å²) < 4.78 is 0. The van der Waals surface area contributed by atoms with Crippen LogP contribution >= 0.6 is 0 Å². The van der Waals surface area contributed by atoms with E-state index in [1.807, 2.05) is 31.2 Å². The van der Waals surface area contributed by atoms with Crippen molar-refractivity contribution in [2.24, 2.45) is 0 Å². The Balaban J connectivity index is 1.88. The molecule has 4 nitrogen and oxygen atoms in total. The average molecular weight is 278 g/mol. The quantitative estimate of drug-likeness (QED) is 0.570. The first kappa shape index (κ1) is 13.1. The maximum atomic E-state index is 12.3. The van der Waals surface area contributed by atoms with Crippen LogP contribution in [0.25, 0.3) is 10.9 Å². The number of carbonyl (C=O) groups is 2. The van der Waals surface area contributed by atoms with Crippen LogP contribution in [0.2, 0.25) is 0 Å². The fourth-order valence-electron chi connectivity index (χ4n) is 2.26. The number of H-pyrrole nitrogens is 1. The van der Waals surface area contributed by atoms with E-state index in [2.05, 4.69) is 10.3 Å². The summed E-state index contributed by atoms with van der Waals surface area (Å²) in [5.74, 6) is -1.18. The summed E-state index contributed by atoms with van der Waals surface area (Å²) in [6, 6.07) is 14.6. The fraction of sp³-hybridized carbons (Fsp3) is 0.0588. The normalized spacial score (nSPS) is 10.5. The van der Waals surface area contributed by atoms with Crippen molar-refractivity contribution in [1.29, 1.82) is 0 Å². The van der Waals surface area contributed by atoms with Crippen molar-refractivity contribution < 1.29 is 9.59 Å². The first-order chi connectivity index (χ1) is 10.1. The van der Waals surface area contributed by atoms with Crippen LogP contribution in [0, 0.1) is 6.92 Å². The van der Waals surface area contributed by atoms with Crippen molar-refractivity contribution >= 4 is 28.3 Å². The van der Waals surface area contributed by atoms with E-state index in [1.54, 1.807) is 30.5 Å². The minimum Gasteiger partial charge on any atom is -0.360 e. The van der Waals surface area contributed by atoms with Crippen molar-refractivity contribution in [3.8, 4) is 0 Å². The summed E-state index contributed by atoms with van der Waals surface area (Å²) in [5.41, 5.74) is 2.94. The number of hydrogen-bond donors (Lipinski definition) is 2. The number of hydrogen-bond acceptors (Lipinski definition) is 2. The largest absolute Gasteiger partial charge is 0.360 e. The number of para-hydroxylation sites is 1. The molecule has 3 aromatic rings. The van der Waals surface area contributed by atoms with E-state index in [0.717, 1.165) is 16.5 Å². The Labute approximate surface area is 121 Å². The molecule has 21 heavy (non-hydrogen) atoms. The average Bonchev–Trinajstić information content (AvgIpc) is 2.90. The predicted molar refractivity (Wildman–Crippen MR) is 82.4 cm³/mol. The number of benzene rings is 2. The van der Waals surface area contributed by atoms with Gasteiger partial charge >= 0.3 is 0 Å². The van der Waals surface area contributed by atoms with Gasteiger partial charge in [-0.1, -0.05) is 30.3 Å². The van der Waals surface area contributed by atoms with E-state index in [9.17, 15) is 9.59 Å². The van der Waals surface area contributed by atoms with E-state index in [-0.39, 0.29) is 0 Å². The van der Waals surface area contributed by atoms with Gasteiger partial charge in [0, 0.05) is 22.8 Å². The van der Waals surface area contributed by atoms with Crippen LogP contribution in [-0.4, -0.2) is 16.7 Å². The second-order valence-electron chi connectivity index (χ2n) is 4.90. The van der Waals surface area contributed by atoms with Gasteiger partial charge in [0.15, 0.2) is 0 Å². The van der Waals surface area contributed by atoms with Gasteiger partial charge in [-0.15, -0.1) is 0 Å². The molecule has 0 bridgehead atoms. The number of rotatable bonds is 3. The molecule has 0 unspecified atom stereocenters. The fourth-order valence-corrected chi connectivity index (χ4v) is 2.26. The Morgan fingerprint density at radius 3 is 2.57 bits per heavy atom. The molecule has 0 atom stereocenters. The van der Waals surface area contributed by atoms with Crippen LogP contribution in [0.1, 0.15) is 15.9 Å². The van der Waals surface area contributed by atoms with E-state index < -0.39 is 11.7 Å². The van der Waals surface area contributed by atoms with Crippen molar-refractivity contribution in [3.05, 3.63) is 65.9 Å². The second-order valence-corrected chi connectivity index (χ2v) is 4.90. The van der Waals surface area contributed by atoms with Gasteiger partial charge in [0.05, 0.1) is 5.56 Å². The lowest BCUT2D eigenvalue weighted by Crippen LogP contribution is -2.22. The molecule has 1 amide bonds. The number of Topliss-reactive ketones (excluding diaryl/α,β-unsaturated/α-hetero) is 1. The Bertz CT molecular complexity index is 819.